The zero-order valence-electron chi connectivity index (χ0n) is 4.58. The minimum absolute atomic E-state index is 0.0972. The Balaban J connectivity index is 2.40. The second-order valence-electron chi connectivity index (χ2n) is 1.62. The molecule has 2 nitrogen and oxygen atoms in total. The fourth-order valence-electron chi connectivity index (χ4n) is 0.559. The maximum Gasteiger partial charge on any atom is 0.128 e. The maximum atomic E-state index is 5.29. The topological polar surface area (TPSA) is 35.2 Å². The highest BCUT2D eigenvalue weighted by Crippen LogP contribution is 1.98. The quantitative estimate of drug-likeness (QED) is 0.532. The molecule has 2 heteroatoms. The van der Waals surface area contributed by atoms with Crippen molar-refractivity contribution in [2.75, 3.05) is 6.54 Å². The molecule has 2 N–H and O–H groups in total. The van der Waals surface area contributed by atoms with Gasteiger partial charge in [-0.3, -0.25) is 0 Å². The monoisotopic (exact) mass is 111 g/mol. The van der Waals surface area contributed by atoms with E-state index in [1.807, 2.05) is 18.2 Å². The first-order valence-corrected chi connectivity index (χ1v) is 2.62. The summed E-state index contributed by atoms with van der Waals surface area (Å²) in [5, 5.41) is 0. The van der Waals surface area contributed by atoms with Gasteiger partial charge < -0.3 is 10.5 Å². The van der Waals surface area contributed by atoms with E-state index in [-0.39, 0.29) is 6.10 Å². The summed E-state index contributed by atoms with van der Waals surface area (Å²) in [7, 11) is 0. The number of ether oxygens (including phenoxy) is 1. The molecular formula is C6H9NO. The van der Waals surface area contributed by atoms with Crippen molar-refractivity contribution in [1.82, 2.24) is 0 Å². The SMILES string of the molecule is NCC1C=CC=CO1. The van der Waals surface area contributed by atoms with Gasteiger partial charge in [0.1, 0.15) is 6.10 Å². The van der Waals surface area contributed by atoms with E-state index in [9.17, 15) is 0 Å². The smallest absolute Gasteiger partial charge is 0.128 e. The van der Waals surface area contributed by atoms with Crippen LogP contribution in [0.1, 0.15) is 0 Å². The lowest BCUT2D eigenvalue weighted by atomic mass is 10.3. The summed E-state index contributed by atoms with van der Waals surface area (Å²) in [4.78, 5) is 0. The standard InChI is InChI=1S/C6H9NO/c7-5-6-3-1-2-4-8-6/h1-4,6H,5,7H2. The third-order valence-corrected chi connectivity index (χ3v) is 1.00. The lowest BCUT2D eigenvalue weighted by Crippen LogP contribution is -2.20. The highest BCUT2D eigenvalue weighted by Gasteiger charge is 1.99. The molecule has 1 unspecified atom stereocenters. The normalized spacial score (nSPS) is 25.4. The first-order valence-electron chi connectivity index (χ1n) is 2.62. The van der Waals surface area contributed by atoms with E-state index >= 15 is 0 Å². The van der Waals surface area contributed by atoms with Crippen LogP contribution in [0, 0.1) is 0 Å². The van der Waals surface area contributed by atoms with Gasteiger partial charge in [0.05, 0.1) is 6.26 Å². The largest absolute Gasteiger partial charge is 0.493 e. The third kappa shape index (κ3) is 1.10. The highest BCUT2D eigenvalue weighted by molar-refractivity contribution is 5.07. The first-order chi connectivity index (χ1) is 3.93. The molecule has 1 rings (SSSR count). The van der Waals surface area contributed by atoms with Crippen molar-refractivity contribution in [2.45, 2.75) is 6.10 Å². The van der Waals surface area contributed by atoms with E-state index in [0.717, 1.165) is 0 Å². The number of allylic oxidation sites excluding steroid dienone is 2. The zero-order chi connectivity index (χ0) is 5.82. The summed E-state index contributed by atoms with van der Waals surface area (Å²) < 4.78 is 5.03. The van der Waals surface area contributed by atoms with Crippen molar-refractivity contribution in [2.24, 2.45) is 5.73 Å². The summed E-state index contributed by atoms with van der Waals surface area (Å²) in [6.45, 7) is 0.556. The molecule has 0 aromatic heterocycles. The molecule has 44 valence electrons. The van der Waals surface area contributed by atoms with Crippen molar-refractivity contribution in [3.05, 3.63) is 24.5 Å². The molecule has 0 saturated carbocycles. The van der Waals surface area contributed by atoms with Gasteiger partial charge >= 0.3 is 0 Å². The van der Waals surface area contributed by atoms with E-state index < -0.39 is 0 Å². The van der Waals surface area contributed by atoms with Crippen molar-refractivity contribution >= 4 is 0 Å². The number of nitrogens with two attached hydrogens (primary N) is 1. The lowest BCUT2D eigenvalue weighted by Gasteiger charge is -2.10. The average Bonchev–Trinajstić information content (AvgIpc) is 1.90. The van der Waals surface area contributed by atoms with Crippen LogP contribution >= 0.6 is 0 Å². The predicted molar refractivity (Wildman–Crippen MR) is 32.2 cm³/mol. The number of rotatable bonds is 1. The van der Waals surface area contributed by atoms with Gasteiger partial charge in [0.25, 0.3) is 0 Å². The molecule has 1 aliphatic heterocycles. The Labute approximate surface area is 48.6 Å². The van der Waals surface area contributed by atoms with Crippen LogP contribution in [-0.2, 0) is 4.74 Å². The number of hydrogen-bond acceptors (Lipinski definition) is 2. The number of hydrogen-bond donors (Lipinski definition) is 1. The van der Waals surface area contributed by atoms with Crippen LogP contribution < -0.4 is 5.73 Å². The van der Waals surface area contributed by atoms with Gasteiger partial charge in [0.15, 0.2) is 0 Å². The summed E-state index contributed by atoms with van der Waals surface area (Å²) in [5.74, 6) is 0. The summed E-state index contributed by atoms with van der Waals surface area (Å²) >= 11 is 0. The van der Waals surface area contributed by atoms with Gasteiger partial charge in [0, 0.05) is 6.54 Å². The van der Waals surface area contributed by atoms with Crippen LogP contribution in [0.5, 0.6) is 0 Å². The molecule has 0 fully saturated rings. The van der Waals surface area contributed by atoms with E-state index in [2.05, 4.69) is 0 Å². The fraction of sp³-hybridized carbons (Fsp3) is 0.333. The van der Waals surface area contributed by atoms with Crippen LogP contribution in [-0.4, -0.2) is 12.6 Å². The van der Waals surface area contributed by atoms with E-state index in [1.165, 1.54) is 0 Å². The Morgan fingerprint density at radius 1 is 1.50 bits per heavy atom. The van der Waals surface area contributed by atoms with Gasteiger partial charge in [-0.15, -0.1) is 0 Å². The molecule has 1 aliphatic rings. The fourth-order valence-corrected chi connectivity index (χ4v) is 0.559. The van der Waals surface area contributed by atoms with Crippen molar-refractivity contribution in [3.8, 4) is 0 Å². The van der Waals surface area contributed by atoms with Crippen LogP contribution in [0.25, 0.3) is 0 Å². The second-order valence-corrected chi connectivity index (χ2v) is 1.62. The maximum absolute atomic E-state index is 5.29. The van der Waals surface area contributed by atoms with Crippen LogP contribution in [0.3, 0.4) is 0 Å². The summed E-state index contributed by atoms with van der Waals surface area (Å²) in [5.41, 5.74) is 5.29. The van der Waals surface area contributed by atoms with Gasteiger partial charge in [-0.25, -0.2) is 0 Å². The van der Waals surface area contributed by atoms with Gasteiger partial charge in [-0.05, 0) is 12.2 Å². The van der Waals surface area contributed by atoms with E-state index in [1.54, 1.807) is 6.26 Å². The highest BCUT2D eigenvalue weighted by atomic mass is 16.5. The Morgan fingerprint density at radius 3 is 2.75 bits per heavy atom. The Bertz CT molecular complexity index is 118. The molecule has 0 aliphatic carbocycles. The first kappa shape index (κ1) is 5.38. The predicted octanol–water partition coefficient (Wildman–Crippen LogP) is 0.414. The second kappa shape index (κ2) is 2.52. The van der Waals surface area contributed by atoms with Gasteiger partial charge in [-0.2, -0.15) is 0 Å². The minimum atomic E-state index is 0.0972. The Kier molecular flexibility index (Phi) is 1.70. The minimum Gasteiger partial charge on any atom is -0.493 e. The molecule has 0 aromatic rings. The van der Waals surface area contributed by atoms with Crippen molar-refractivity contribution in [3.63, 3.8) is 0 Å². The van der Waals surface area contributed by atoms with Gasteiger partial charge in [0.2, 0.25) is 0 Å². The van der Waals surface area contributed by atoms with Crippen LogP contribution in [0.2, 0.25) is 0 Å². The molecular weight excluding hydrogens is 102 g/mol. The van der Waals surface area contributed by atoms with Crippen LogP contribution in [0.15, 0.2) is 24.5 Å². The molecule has 0 spiro atoms. The molecule has 0 bridgehead atoms. The van der Waals surface area contributed by atoms with E-state index in [0.29, 0.717) is 6.54 Å². The molecule has 1 heterocycles. The molecule has 1 atom stereocenters. The summed E-state index contributed by atoms with van der Waals surface area (Å²) in [6, 6.07) is 0. The van der Waals surface area contributed by atoms with Crippen molar-refractivity contribution < 1.29 is 4.74 Å². The van der Waals surface area contributed by atoms with Crippen LogP contribution in [0.4, 0.5) is 0 Å². The van der Waals surface area contributed by atoms with E-state index in [4.69, 9.17) is 10.5 Å². The molecule has 0 radical (unpaired) electrons. The molecule has 0 saturated heterocycles. The molecule has 0 amide bonds. The lowest BCUT2D eigenvalue weighted by molar-refractivity contribution is 0.190. The van der Waals surface area contributed by atoms with Crippen molar-refractivity contribution in [1.29, 1.82) is 0 Å². The Morgan fingerprint density at radius 2 is 2.38 bits per heavy atom. The molecule has 0 aromatic carbocycles. The average molecular weight is 111 g/mol. The summed E-state index contributed by atoms with van der Waals surface area (Å²) in [6.07, 6.45) is 7.45. The molecule has 8 heavy (non-hydrogen) atoms. The van der Waals surface area contributed by atoms with Gasteiger partial charge in [-0.1, -0.05) is 6.08 Å². The zero-order valence-corrected chi connectivity index (χ0v) is 4.58. The Hall–Kier alpha value is -0.760. The third-order valence-electron chi connectivity index (χ3n) is 1.00.